The fourth-order valence-electron chi connectivity index (χ4n) is 7.61. The number of nitrogens with one attached hydrogen (secondary N) is 1. The van der Waals surface area contributed by atoms with E-state index in [9.17, 15) is 19.2 Å². The number of nitriles is 1. The van der Waals surface area contributed by atoms with Gasteiger partial charge in [0.15, 0.2) is 11.5 Å². The molecule has 0 bridgehead atoms. The number of nitrogens with zero attached hydrogens (tertiary/aromatic N) is 8. The third-order valence-corrected chi connectivity index (χ3v) is 11.7. The van der Waals surface area contributed by atoms with Gasteiger partial charge in [0.1, 0.15) is 40.4 Å². The molecule has 3 aromatic heterocycles. The molecule has 1 saturated heterocycles. The lowest BCUT2D eigenvalue weighted by Crippen LogP contribution is -2.44. The Morgan fingerprint density at radius 3 is 2.61 bits per heavy atom. The Balaban J connectivity index is 1.39. The predicted molar refractivity (Wildman–Crippen MR) is 221 cm³/mol. The number of carbonyl (C=O) groups is 2. The minimum atomic E-state index is -1.00. The van der Waals surface area contributed by atoms with Crippen molar-refractivity contribution < 1.29 is 32.2 Å². The lowest BCUT2D eigenvalue weighted by molar-refractivity contribution is 0.0636. The average molecular weight is 850 g/mol. The molecule has 5 heterocycles. The Hall–Kier alpha value is -5.44. The molecule has 1 N–H and O–H groups in total. The van der Waals surface area contributed by atoms with Gasteiger partial charge in [0, 0.05) is 72.3 Å². The van der Waals surface area contributed by atoms with Crippen LogP contribution in [-0.2, 0) is 17.8 Å². The van der Waals surface area contributed by atoms with Gasteiger partial charge in [-0.1, -0.05) is 18.5 Å². The lowest BCUT2D eigenvalue weighted by atomic mass is 9.78. The first-order chi connectivity index (χ1) is 27.9. The second-order valence-electron chi connectivity index (χ2n) is 16.3. The summed E-state index contributed by atoms with van der Waals surface area (Å²) >= 11 is 7.95. The molecule has 18 heteroatoms. The maximum atomic E-state index is 17.5. The molecule has 5 aromatic rings. The standard InChI is InChI=1S/C41H43ClF3N9O4S/c1-40(2,3)58-39(56)49-36-25(18-46)30-29(59-36)10-9-27(44)32(30)31-26(42)16-24-34(33(31)45)47-38(57-21-41(4)20-52(7)14-11-22(41)17-43)48-35(24)53-12-8-13-54-23(19-53)15-28(50-54)37(55)51(5)6/h9-10,15-17H,8,11-14,19-21H2,1-7H3,(H,49,56)/b22-17+/t41-/m0/s1. The smallest absolute Gasteiger partial charge is 0.412 e. The number of hydrogen-bond donors (Lipinski definition) is 1. The quantitative estimate of drug-likeness (QED) is 0.169. The van der Waals surface area contributed by atoms with Crippen molar-refractivity contribution in [2.45, 2.75) is 59.2 Å². The van der Waals surface area contributed by atoms with Crippen molar-refractivity contribution in [3.8, 4) is 23.2 Å². The molecule has 7 rings (SSSR count). The van der Waals surface area contributed by atoms with Gasteiger partial charge in [0.05, 0.1) is 29.2 Å². The van der Waals surface area contributed by atoms with Crippen molar-refractivity contribution >= 4 is 66.7 Å². The van der Waals surface area contributed by atoms with Crippen molar-refractivity contribution in [3.63, 3.8) is 0 Å². The van der Waals surface area contributed by atoms with E-state index in [0.29, 0.717) is 61.3 Å². The zero-order chi connectivity index (χ0) is 42.6. The molecule has 2 amide bonds. The van der Waals surface area contributed by atoms with Crippen molar-refractivity contribution in [1.82, 2.24) is 29.5 Å². The normalized spacial score (nSPS) is 18.1. The zero-order valence-corrected chi connectivity index (χ0v) is 35.2. The predicted octanol–water partition coefficient (Wildman–Crippen LogP) is 8.54. The largest absolute Gasteiger partial charge is 0.462 e. The Bertz CT molecular complexity index is 2580. The summed E-state index contributed by atoms with van der Waals surface area (Å²) < 4.78 is 61.7. The summed E-state index contributed by atoms with van der Waals surface area (Å²) in [5, 5.41) is 17.6. The van der Waals surface area contributed by atoms with E-state index in [2.05, 4.69) is 20.3 Å². The number of halogens is 4. The monoisotopic (exact) mass is 849 g/mol. The maximum absolute atomic E-state index is 17.5. The molecular weight excluding hydrogens is 807 g/mol. The number of carbonyl (C=O) groups excluding carboxylic acids is 2. The van der Waals surface area contributed by atoms with Gasteiger partial charge in [0.2, 0.25) is 0 Å². The topological polar surface area (TPSA) is 142 Å². The van der Waals surface area contributed by atoms with Crippen molar-refractivity contribution in [3.05, 3.63) is 69.8 Å². The van der Waals surface area contributed by atoms with Crippen LogP contribution in [0, 0.1) is 28.4 Å². The first-order valence-corrected chi connectivity index (χ1v) is 20.1. The van der Waals surface area contributed by atoms with Crippen LogP contribution in [0.5, 0.6) is 6.01 Å². The van der Waals surface area contributed by atoms with Crippen LogP contribution >= 0.6 is 22.9 Å². The summed E-state index contributed by atoms with van der Waals surface area (Å²) in [5.41, 5.74) is -1.05. The van der Waals surface area contributed by atoms with E-state index < -0.39 is 28.7 Å². The van der Waals surface area contributed by atoms with Crippen LogP contribution in [0.25, 0.3) is 32.1 Å². The van der Waals surface area contributed by atoms with Crippen LogP contribution in [0.2, 0.25) is 5.02 Å². The Morgan fingerprint density at radius 1 is 1.15 bits per heavy atom. The van der Waals surface area contributed by atoms with Gasteiger partial charge in [-0.2, -0.15) is 20.3 Å². The molecule has 0 spiro atoms. The Labute approximate surface area is 347 Å². The highest BCUT2D eigenvalue weighted by Crippen LogP contribution is 2.47. The van der Waals surface area contributed by atoms with Gasteiger partial charge < -0.3 is 24.2 Å². The number of hydrogen-bond acceptors (Lipinski definition) is 11. The molecular formula is C41H43ClF3N9O4S. The fourth-order valence-corrected chi connectivity index (χ4v) is 8.94. The van der Waals surface area contributed by atoms with Crippen LogP contribution in [0.1, 0.15) is 62.3 Å². The van der Waals surface area contributed by atoms with Crippen LogP contribution in [0.3, 0.4) is 0 Å². The summed E-state index contributed by atoms with van der Waals surface area (Å²) in [7, 11) is 5.22. The number of aromatic nitrogens is 4. The SMILES string of the molecule is CN1CC/C(=C\F)[C@](C)(COc2nc(N3CCCn4nc(C(=O)N(C)C)cc4C3)c3cc(Cl)c(-c4c(F)ccc5sc(NC(=O)OC(C)(C)C)c(C#N)c45)c(F)c3n2)C1. The third-order valence-electron chi connectivity index (χ3n) is 10.4. The molecule has 2 aliphatic rings. The van der Waals surface area contributed by atoms with Gasteiger partial charge in [0.25, 0.3) is 5.91 Å². The Morgan fingerprint density at radius 2 is 1.92 bits per heavy atom. The van der Waals surface area contributed by atoms with Crippen LogP contribution in [0.15, 0.2) is 36.2 Å². The van der Waals surface area contributed by atoms with Crippen molar-refractivity contribution in [2.75, 3.05) is 57.6 Å². The van der Waals surface area contributed by atoms with E-state index in [0.717, 1.165) is 17.4 Å². The minimum Gasteiger partial charge on any atom is -0.462 e. The molecule has 13 nitrogen and oxygen atoms in total. The average Bonchev–Trinajstić information content (AvgIpc) is 3.66. The van der Waals surface area contributed by atoms with Gasteiger partial charge in [-0.15, -0.1) is 11.3 Å². The number of likely N-dealkylation sites (tertiary alicyclic amines) is 1. The number of piperidine rings is 1. The molecule has 0 aliphatic carbocycles. The number of fused-ring (bicyclic) bond motifs is 3. The zero-order valence-electron chi connectivity index (χ0n) is 33.7. The Kier molecular flexibility index (Phi) is 11.3. The second kappa shape index (κ2) is 16.0. The molecule has 2 aliphatic heterocycles. The minimum absolute atomic E-state index is 0.0370. The highest BCUT2D eigenvalue weighted by molar-refractivity contribution is 7.23. The van der Waals surface area contributed by atoms with E-state index in [-0.39, 0.29) is 79.6 Å². The molecule has 2 aromatic carbocycles. The van der Waals surface area contributed by atoms with Gasteiger partial charge in [-0.25, -0.2) is 18.0 Å². The number of thiophene rings is 1. The molecule has 1 atom stereocenters. The summed E-state index contributed by atoms with van der Waals surface area (Å²) in [5.74, 6) is -1.87. The van der Waals surface area contributed by atoms with Gasteiger partial charge in [-0.05, 0) is 70.5 Å². The highest BCUT2D eigenvalue weighted by Gasteiger charge is 2.36. The van der Waals surface area contributed by atoms with Crippen molar-refractivity contribution in [2.24, 2.45) is 5.41 Å². The molecule has 0 radical (unpaired) electrons. The number of benzene rings is 2. The molecule has 1 fully saturated rings. The van der Waals surface area contributed by atoms with Crippen LogP contribution in [-0.4, -0.2) is 94.5 Å². The summed E-state index contributed by atoms with van der Waals surface area (Å²) in [6.45, 7) is 9.21. The van der Waals surface area contributed by atoms with Crippen LogP contribution in [0.4, 0.5) is 28.8 Å². The number of anilines is 2. The van der Waals surface area contributed by atoms with Gasteiger partial charge >= 0.3 is 12.1 Å². The maximum Gasteiger partial charge on any atom is 0.412 e. The number of ether oxygens (including phenoxy) is 2. The van der Waals surface area contributed by atoms with E-state index in [1.54, 1.807) is 45.6 Å². The van der Waals surface area contributed by atoms with Gasteiger partial charge in [-0.3, -0.25) is 14.8 Å². The first kappa shape index (κ1) is 41.7. The van der Waals surface area contributed by atoms with E-state index in [1.807, 2.05) is 24.9 Å². The lowest BCUT2D eigenvalue weighted by Gasteiger charge is -2.40. The molecule has 310 valence electrons. The van der Waals surface area contributed by atoms with E-state index >= 15 is 8.78 Å². The number of amides is 2. The number of aryl methyl sites for hydroxylation is 1. The summed E-state index contributed by atoms with van der Waals surface area (Å²) in [6, 6.07) is 7.58. The molecule has 0 unspecified atom stereocenters. The molecule has 0 saturated carbocycles. The highest BCUT2D eigenvalue weighted by atomic mass is 35.5. The molecule has 59 heavy (non-hydrogen) atoms. The first-order valence-electron chi connectivity index (χ1n) is 18.9. The fraction of sp³-hybridized carbons (Fsp3) is 0.415. The van der Waals surface area contributed by atoms with Crippen LogP contribution < -0.4 is 15.0 Å². The third kappa shape index (κ3) is 8.13. The summed E-state index contributed by atoms with van der Waals surface area (Å²) in [6.07, 6.45) is 0.856. The number of rotatable bonds is 7. The van der Waals surface area contributed by atoms with E-state index in [4.69, 9.17) is 26.1 Å². The van der Waals surface area contributed by atoms with E-state index in [1.165, 1.54) is 17.0 Å². The second-order valence-corrected chi connectivity index (χ2v) is 17.8. The summed E-state index contributed by atoms with van der Waals surface area (Å²) in [4.78, 5) is 40.3. The van der Waals surface area contributed by atoms with Crippen molar-refractivity contribution in [1.29, 1.82) is 5.26 Å².